The Hall–Kier alpha value is -1.08. The van der Waals surface area contributed by atoms with Gasteiger partial charge in [-0.15, -0.1) is 11.8 Å². The van der Waals surface area contributed by atoms with Crippen molar-refractivity contribution in [1.29, 1.82) is 0 Å². The van der Waals surface area contributed by atoms with Crippen LogP contribution < -0.4 is 4.90 Å². The van der Waals surface area contributed by atoms with Crippen LogP contribution in [0.1, 0.15) is 13.4 Å². The van der Waals surface area contributed by atoms with Crippen LogP contribution in [0.3, 0.4) is 0 Å². The zero-order chi connectivity index (χ0) is 16.5. The van der Waals surface area contributed by atoms with Crippen LogP contribution in [-0.4, -0.2) is 35.2 Å². The van der Waals surface area contributed by atoms with Crippen LogP contribution in [-0.2, 0) is 11.0 Å². The Balaban J connectivity index is 2.19. The first-order chi connectivity index (χ1) is 10.2. The van der Waals surface area contributed by atoms with Crippen LogP contribution in [0.5, 0.6) is 0 Å². The standard InChI is InChI=1S/C13H13ClF3NO2S/c14-11-2-1-8(5-10(11)13(15,16)17)18-4-3-9(6-18)21-7-12(19)20/h1-2,5,9H,3-4,6-7H2,(H,19,20)/i5D. The number of carbonyl (C=O) groups is 1. The van der Waals surface area contributed by atoms with E-state index in [1.54, 1.807) is 4.90 Å². The summed E-state index contributed by atoms with van der Waals surface area (Å²) in [5.74, 6) is -0.962. The molecule has 1 aliphatic rings. The number of thioether (sulfide) groups is 1. The number of carboxylic acid groups (broad SMARTS) is 1. The zero-order valence-corrected chi connectivity index (χ0v) is 12.4. The molecule has 0 bridgehead atoms. The van der Waals surface area contributed by atoms with E-state index in [-0.39, 0.29) is 16.7 Å². The third kappa shape index (κ3) is 4.20. The van der Waals surface area contributed by atoms with E-state index in [2.05, 4.69) is 0 Å². The van der Waals surface area contributed by atoms with Crippen molar-refractivity contribution in [3.63, 3.8) is 0 Å². The fourth-order valence-electron chi connectivity index (χ4n) is 2.13. The molecule has 0 radical (unpaired) electrons. The third-order valence-electron chi connectivity index (χ3n) is 3.09. The number of benzene rings is 1. The number of nitrogens with zero attached hydrogens (tertiary/aromatic N) is 1. The highest BCUT2D eigenvalue weighted by Crippen LogP contribution is 2.38. The van der Waals surface area contributed by atoms with Crippen molar-refractivity contribution >= 4 is 35.0 Å². The first-order valence-electron chi connectivity index (χ1n) is 6.64. The SMILES string of the molecule is [2H]c1c(N2CCC(SCC(=O)O)C2)ccc(Cl)c1C(F)(F)F. The Labute approximate surface area is 130 Å². The molecule has 0 saturated carbocycles. The number of aliphatic carboxylic acids is 1. The molecule has 8 heteroatoms. The van der Waals surface area contributed by atoms with Crippen LogP contribution in [0.2, 0.25) is 5.02 Å². The second-order valence-electron chi connectivity index (χ2n) is 4.63. The predicted octanol–water partition coefficient (Wildman–Crippen LogP) is 3.76. The molecule has 1 heterocycles. The minimum absolute atomic E-state index is 0.0283. The molecular weight excluding hydrogens is 327 g/mol. The normalized spacial score (nSPS) is 19.7. The number of anilines is 1. The highest BCUT2D eigenvalue weighted by atomic mass is 35.5. The number of carboxylic acids is 1. The van der Waals surface area contributed by atoms with E-state index in [4.69, 9.17) is 18.1 Å². The van der Waals surface area contributed by atoms with Crippen LogP contribution in [0, 0.1) is 0 Å². The van der Waals surface area contributed by atoms with Crippen molar-refractivity contribution in [2.75, 3.05) is 23.7 Å². The van der Waals surface area contributed by atoms with Crippen molar-refractivity contribution in [2.45, 2.75) is 17.8 Å². The molecule has 21 heavy (non-hydrogen) atoms. The molecule has 3 nitrogen and oxygen atoms in total. The van der Waals surface area contributed by atoms with Gasteiger partial charge in [0, 0.05) is 24.0 Å². The Bertz CT molecular complexity index is 585. The molecule has 1 saturated heterocycles. The van der Waals surface area contributed by atoms with Gasteiger partial charge in [0.15, 0.2) is 0 Å². The molecule has 1 unspecified atom stereocenters. The first kappa shape index (κ1) is 14.8. The molecule has 1 aromatic rings. The third-order valence-corrected chi connectivity index (χ3v) is 4.68. The van der Waals surface area contributed by atoms with E-state index >= 15 is 0 Å². The minimum Gasteiger partial charge on any atom is -0.481 e. The smallest absolute Gasteiger partial charge is 0.417 e. The zero-order valence-electron chi connectivity index (χ0n) is 11.8. The van der Waals surface area contributed by atoms with Gasteiger partial charge in [0.1, 0.15) is 0 Å². The summed E-state index contributed by atoms with van der Waals surface area (Å²) in [7, 11) is 0. The van der Waals surface area contributed by atoms with E-state index in [9.17, 15) is 18.0 Å². The van der Waals surface area contributed by atoms with Gasteiger partial charge in [-0.25, -0.2) is 0 Å². The van der Waals surface area contributed by atoms with Crippen molar-refractivity contribution in [3.8, 4) is 0 Å². The van der Waals surface area contributed by atoms with Crippen LogP contribution in [0.25, 0.3) is 0 Å². The maximum absolute atomic E-state index is 13.0. The van der Waals surface area contributed by atoms with Gasteiger partial charge in [-0.1, -0.05) is 11.6 Å². The predicted molar refractivity (Wildman–Crippen MR) is 77.2 cm³/mol. The van der Waals surface area contributed by atoms with Gasteiger partial charge in [-0.3, -0.25) is 4.79 Å². The van der Waals surface area contributed by atoms with Crippen molar-refractivity contribution in [1.82, 2.24) is 0 Å². The quantitative estimate of drug-likeness (QED) is 0.906. The summed E-state index contributed by atoms with van der Waals surface area (Å²) in [4.78, 5) is 12.2. The summed E-state index contributed by atoms with van der Waals surface area (Å²) in [6.07, 6.45) is -4.01. The van der Waals surface area contributed by atoms with Crippen molar-refractivity contribution < 1.29 is 24.4 Å². The highest BCUT2D eigenvalue weighted by molar-refractivity contribution is 8.00. The largest absolute Gasteiger partial charge is 0.481 e. The molecule has 1 N–H and O–H groups in total. The molecule has 1 atom stereocenters. The lowest BCUT2D eigenvalue weighted by atomic mass is 10.2. The number of hydrogen-bond donors (Lipinski definition) is 1. The Morgan fingerprint density at radius 2 is 2.29 bits per heavy atom. The van der Waals surface area contributed by atoms with E-state index in [0.29, 0.717) is 19.5 Å². The monoisotopic (exact) mass is 340 g/mol. The minimum atomic E-state index is -4.68. The number of halogens is 4. The number of hydrogen-bond acceptors (Lipinski definition) is 3. The van der Waals surface area contributed by atoms with Gasteiger partial charge in [-0.05, 0) is 24.6 Å². The molecule has 0 aromatic heterocycles. The summed E-state index contributed by atoms with van der Waals surface area (Å²) in [6.45, 7) is 0.908. The van der Waals surface area contributed by atoms with E-state index in [1.807, 2.05) is 0 Å². The average Bonchev–Trinajstić information content (AvgIpc) is 2.83. The molecule has 1 aromatic carbocycles. The Morgan fingerprint density at radius 3 is 2.90 bits per heavy atom. The molecule has 0 spiro atoms. The van der Waals surface area contributed by atoms with Crippen molar-refractivity contribution in [2.24, 2.45) is 0 Å². The summed E-state index contributed by atoms with van der Waals surface area (Å²) in [5.41, 5.74) is -0.955. The first-order valence-corrected chi connectivity index (χ1v) is 7.57. The molecule has 0 amide bonds. The highest BCUT2D eigenvalue weighted by Gasteiger charge is 2.34. The number of alkyl halides is 3. The summed E-state index contributed by atoms with van der Waals surface area (Å²) >= 11 is 6.84. The molecule has 2 rings (SSSR count). The number of rotatable bonds is 4. The Kier molecular flexibility index (Phi) is 4.49. The van der Waals surface area contributed by atoms with Crippen LogP contribution in [0.4, 0.5) is 18.9 Å². The summed E-state index contributed by atoms with van der Waals surface area (Å²) in [5, 5.41) is 8.19. The van der Waals surface area contributed by atoms with Gasteiger partial charge >= 0.3 is 12.1 Å². The van der Waals surface area contributed by atoms with Gasteiger partial charge < -0.3 is 10.0 Å². The maximum atomic E-state index is 13.0. The van der Waals surface area contributed by atoms with Gasteiger partial charge in [0.2, 0.25) is 0 Å². The lowest BCUT2D eigenvalue weighted by molar-refractivity contribution is -0.137. The van der Waals surface area contributed by atoms with E-state index < -0.39 is 28.8 Å². The van der Waals surface area contributed by atoms with Crippen LogP contribution >= 0.6 is 23.4 Å². The average molecular weight is 341 g/mol. The van der Waals surface area contributed by atoms with E-state index in [1.165, 1.54) is 17.8 Å². The second kappa shape index (κ2) is 6.36. The summed E-state index contributed by atoms with van der Waals surface area (Å²) in [6, 6.07) is 1.92. The molecule has 1 aliphatic heterocycles. The fraction of sp³-hybridized carbons (Fsp3) is 0.462. The topological polar surface area (TPSA) is 40.5 Å². The van der Waals surface area contributed by atoms with Gasteiger partial charge in [-0.2, -0.15) is 13.2 Å². The maximum Gasteiger partial charge on any atom is 0.417 e. The lowest BCUT2D eigenvalue weighted by Gasteiger charge is -2.20. The molecular formula is C13H13ClF3NO2S. The summed E-state index contributed by atoms with van der Waals surface area (Å²) < 4.78 is 46.7. The van der Waals surface area contributed by atoms with Crippen molar-refractivity contribution in [3.05, 3.63) is 28.8 Å². The second-order valence-corrected chi connectivity index (χ2v) is 6.32. The van der Waals surface area contributed by atoms with Gasteiger partial charge in [0.05, 0.1) is 17.7 Å². The van der Waals surface area contributed by atoms with Gasteiger partial charge in [0.25, 0.3) is 0 Å². The fourth-order valence-corrected chi connectivity index (χ4v) is 3.28. The lowest BCUT2D eigenvalue weighted by Crippen LogP contribution is -2.21. The van der Waals surface area contributed by atoms with Crippen LogP contribution in [0.15, 0.2) is 18.2 Å². The van der Waals surface area contributed by atoms with E-state index in [0.717, 1.165) is 6.07 Å². The molecule has 1 fully saturated rings. The molecule has 0 aliphatic carbocycles. The molecule has 116 valence electrons. The Morgan fingerprint density at radius 1 is 1.57 bits per heavy atom.